The van der Waals surface area contributed by atoms with E-state index in [4.69, 9.17) is 13.3 Å². The van der Waals surface area contributed by atoms with Gasteiger partial charge in [-0.3, -0.25) is 0 Å². The van der Waals surface area contributed by atoms with E-state index in [1.807, 2.05) is 62.0 Å². The Morgan fingerprint density at radius 3 is 2.15 bits per heavy atom. The molecule has 0 aromatic rings. The van der Waals surface area contributed by atoms with Crippen molar-refractivity contribution in [3.63, 3.8) is 0 Å². The molecule has 0 aromatic carbocycles. The van der Waals surface area contributed by atoms with Crippen molar-refractivity contribution in [2.45, 2.75) is 38.6 Å². The highest BCUT2D eigenvalue weighted by atomic mass is 33.7. The van der Waals surface area contributed by atoms with E-state index in [2.05, 4.69) is 5.32 Å². The molecule has 1 atom stereocenters. The number of rotatable bonds is 14. The molecule has 0 bridgehead atoms. The smallest absolute Gasteiger partial charge is 0.374 e. The van der Waals surface area contributed by atoms with Crippen molar-refractivity contribution in [1.82, 2.24) is 5.32 Å². The van der Waals surface area contributed by atoms with Gasteiger partial charge < -0.3 is 18.6 Å². The van der Waals surface area contributed by atoms with Gasteiger partial charge in [0.05, 0.1) is 5.37 Å². The van der Waals surface area contributed by atoms with E-state index in [1.54, 1.807) is 0 Å². The molecule has 1 N–H and O–H groups in total. The maximum absolute atomic E-state index is 5.84. The number of hydrogen-bond donors (Lipinski definition) is 1. The topological polar surface area (TPSA) is 49.6 Å². The van der Waals surface area contributed by atoms with Crippen LogP contribution in [0.25, 0.3) is 0 Å². The van der Waals surface area contributed by atoms with E-state index in [9.17, 15) is 0 Å². The Balaban J connectivity index is 2.11. The first-order valence-electron chi connectivity index (χ1n) is 7.03. The number of nitrogens with one attached hydrogen (secondary N) is 1. The van der Waals surface area contributed by atoms with Crippen molar-refractivity contribution in [2.75, 3.05) is 32.1 Å². The minimum atomic E-state index is -2.42. The molecular weight excluding hydrogens is 350 g/mol. The van der Waals surface area contributed by atoms with Crippen LogP contribution in [0.5, 0.6) is 0 Å². The summed E-state index contributed by atoms with van der Waals surface area (Å²) < 4.78 is 17.5. The third-order valence-electron chi connectivity index (χ3n) is 2.41. The van der Waals surface area contributed by atoms with Crippen LogP contribution in [0.1, 0.15) is 27.2 Å². The van der Waals surface area contributed by atoms with Crippen LogP contribution in [0.15, 0.2) is 0 Å². The minimum absolute atomic E-state index is 0.662. The summed E-state index contributed by atoms with van der Waals surface area (Å²) in [5.41, 5.74) is 0. The molecular formula is C11H25NO3S4Si. The van der Waals surface area contributed by atoms with Crippen LogP contribution in [0.3, 0.4) is 0 Å². The third-order valence-corrected chi connectivity index (χ3v) is 12.3. The molecule has 1 fully saturated rings. The first-order chi connectivity index (χ1) is 9.76. The fraction of sp³-hybridized carbons (Fsp3) is 1.00. The summed E-state index contributed by atoms with van der Waals surface area (Å²) in [5, 5.41) is 3.96. The molecule has 1 unspecified atom stereocenters. The lowest BCUT2D eigenvalue weighted by Gasteiger charge is -2.28. The summed E-state index contributed by atoms with van der Waals surface area (Å²) >= 11 is 0. The molecule has 1 saturated heterocycles. The van der Waals surface area contributed by atoms with Gasteiger partial charge in [-0.15, -0.1) is 0 Å². The molecule has 0 saturated carbocycles. The van der Waals surface area contributed by atoms with E-state index < -0.39 is 8.80 Å². The highest BCUT2D eigenvalue weighted by molar-refractivity contribution is 9.26. The van der Waals surface area contributed by atoms with Crippen LogP contribution in [-0.2, 0) is 13.3 Å². The lowest BCUT2D eigenvalue weighted by molar-refractivity contribution is 0.0712. The third kappa shape index (κ3) is 8.79. The van der Waals surface area contributed by atoms with Crippen LogP contribution >= 0.6 is 41.2 Å². The van der Waals surface area contributed by atoms with Gasteiger partial charge in [0.2, 0.25) is 0 Å². The van der Waals surface area contributed by atoms with Crippen molar-refractivity contribution in [2.24, 2.45) is 0 Å². The first kappa shape index (κ1) is 19.5. The lowest BCUT2D eigenvalue weighted by atomic mass is 10.6. The van der Waals surface area contributed by atoms with Crippen molar-refractivity contribution < 1.29 is 13.3 Å². The van der Waals surface area contributed by atoms with Gasteiger partial charge in [0.15, 0.2) is 0 Å². The van der Waals surface area contributed by atoms with E-state index in [1.165, 1.54) is 0 Å². The predicted molar refractivity (Wildman–Crippen MR) is 97.1 cm³/mol. The highest BCUT2D eigenvalue weighted by Crippen LogP contribution is 2.46. The molecule has 20 heavy (non-hydrogen) atoms. The average Bonchev–Trinajstić information content (AvgIpc) is 3.23. The van der Waals surface area contributed by atoms with Gasteiger partial charge >= 0.3 is 8.80 Å². The normalized spacial score (nSPS) is 18.4. The molecule has 0 aromatic heterocycles. The lowest BCUT2D eigenvalue weighted by Crippen LogP contribution is -2.46. The fourth-order valence-corrected chi connectivity index (χ4v) is 10.7. The maximum atomic E-state index is 5.84. The Labute approximate surface area is 139 Å². The zero-order valence-electron chi connectivity index (χ0n) is 12.4. The SMILES string of the molecule is CCO[Si](CCCSSSSC1CN1)(OCC)OCC. The van der Waals surface area contributed by atoms with Crippen LogP contribution in [0, 0.1) is 0 Å². The molecule has 9 heteroatoms. The van der Waals surface area contributed by atoms with Gasteiger partial charge in [-0.25, -0.2) is 0 Å². The Morgan fingerprint density at radius 2 is 1.65 bits per heavy atom. The first-order valence-corrected chi connectivity index (χ1v) is 14.0. The summed E-state index contributed by atoms with van der Waals surface area (Å²) in [4.78, 5) is 0. The molecule has 0 spiro atoms. The summed E-state index contributed by atoms with van der Waals surface area (Å²) in [6, 6.07) is 0.915. The predicted octanol–water partition coefficient (Wildman–Crippen LogP) is 4.03. The van der Waals surface area contributed by atoms with E-state index in [0.717, 1.165) is 24.8 Å². The second-order valence-corrected chi connectivity index (χ2v) is 13.0. The largest absolute Gasteiger partial charge is 0.500 e. The van der Waals surface area contributed by atoms with Crippen molar-refractivity contribution in [1.29, 1.82) is 0 Å². The summed E-state index contributed by atoms with van der Waals surface area (Å²) in [7, 11) is 5.13. The monoisotopic (exact) mass is 375 g/mol. The van der Waals surface area contributed by atoms with Crippen LogP contribution < -0.4 is 5.32 Å². The van der Waals surface area contributed by atoms with E-state index in [0.29, 0.717) is 25.2 Å². The molecule has 1 aliphatic heterocycles. The molecule has 1 heterocycles. The second-order valence-electron chi connectivity index (χ2n) is 4.04. The molecule has 120 valence electrons. The zero-order chi connectivity index (χ0) is 14.7. The molecule has 0 aliphatic carbocycles. The second kappa shape index (κ2) is 12.0. The quantitative estimate of drug-likeness (QED) is 0.211. The highest BCUT2D eigenvalue weighted by Gasteiger charge is 2.39. The van der Waals surface area contributed by atoms with Crippen LogP contribution in [-0.4, -0.2) is 46.3 Å². The van der Waals surface area contributed by atoms with Crippen molar-refractivity contribution >= 4 is 50.0 Å². The van der Waals surface area contributed by atoms with Gasteiger partial charge in [-0.2, -0.15) is 0 Å². The molecule has 0 amide bonds. The van der Waals surface area contributed by atoms with Gasteiger partial charge in [0.25, 0.3) is 0 Å². The fourth-order valence-electron chi connectivity index (χ4n) is 1.58. The minimum Gasteiger partial charge on any atom is -0.374 e. The summed E-state index contributed by atoms with van der Waals surface area (Å²) in [6.07, 6.45) is 1.08. The Bertz CT molecular complexity index is 233. The van der Waals surface area contributed by atoms with E-state index >= 15 is 0 Å². The number of hydrogen-bond acceptors (Lipinski definition) is 8. The maximum Gasteiger partial charge on any atom is 0.500 e. The van der Waals surface area contributed by atoms with Gasteiger partial charge in [-0.1, -0.05) is 21.6 Å². The van der Waals surface area contributed by atoms with Crippen molar-refractivity contribution in [3.8, 4) is 0 Å². The molecule has 1 aliphatic rings. The Hall–Kier alpha value is 1.46. The van der Waals surface area contributed by atoms with Gasteiger partial charge in [0, 0.05) is 38.2 Å². The van der Waals surface area contributed by atoms with Gasteiger partial charge in [0.1, 0.15) is 0 Å². The Kier molecular flexibility index (Phi) is 11.7. The summed E-state index contributed by atoms with van der Waals surface area (Å²) in [5.74, 6) is 1.11. The average molecular weight is 376 g/mol. The Morgan fingerprint density at radius 1 is 1.05 bits per heavy atom. The zero-order valence-corrected chi connectivity index (χ0v) is 16.7. The van der Waals surface area contributed by atoms with E-state index in [-0.39, 0.29) is 0 Å². The summed E-state index contributed by atoms with van der Waals surface area (Å²) in [6.45, 7) is 9.16. The molecule has 0 radical (unpaired) electrons. The standard InChI is InChI=1S/C11H25NO3S4Si/c1-4-13-20(14-5-2,15-6-3)9-7-8-16-18-19-17-11-10-12-11/h11-12H,4-10H2,1-3H3. The molecule has 1 rings (SSSR count). The van der Waals surface area contributed by atoms with Crippen LogP contribution in [0.2, 0.25) is 6.04 Å². The molecule has 4 nitrogen and oxygen atoms in total. The van der Waals surface area contributed by atoms with Crippen molar-refractivity contribution in [3.05, 3.63) is 0 Å². The van der Waals surface area contributed by atoms with Gasteiger partial charge in [-0.05, 0) is 46.8 Å². The van der Waals surface area contributed by atoms with Crippen LogP contribution in [0.4, 0.5) is 0 Å².